The van der Waals surface area contributed by atoms with Gasteiger partial charge in [-0.3, -0.25) is 0 Å². The number of esters is 1. The van der Waals surface area contributed by atoms with Crippen LogP contribution in [0.3, 0.4) is 0 Å². The van der Waals surface area contributed by atoms with Crippen LogP contribution in [0.15, 0.2) is 18.2 Å². The number of methoxy groups -OCH3 is 1. The van der Waals surface area contributed by atoms with E-state index in [2.05, 4.69) is 38.2 Å². The van der Waals surface area contributed by atoms with E-state index in [9.17, 15) is 4.79 Å². The number of anilines is 1. The maximum absolute atomic E-state index is 11.3. The van der Waals surface area contributed by atoms with Crippen molar-refractivity contribution in [3.63, 3.8) is 0 Å². The highest BCUT2D eigenvalue weighted by Gasteiger charge is 2.07. The minimum absolute atomic E-state index is 0.349. The lowest BCUT2D eigenvalue weighted by molar-refractivity contribution is 0.0600. The number of nitrogens with one attached hydrogen (secondary N) is 1. The largest absolute Gasteiger partial charge is 0.465 e. The van der Waals surface area contributed by atoms with Crippen molar-refractivity contribution < 1.29 is 9.53 Å². The van der Waals surface area contributed by atoms with E-state index in [1.54, 1.807) is 12.1 Å². The van der Waals surface area contributed by atoms with Gasteiger partial charge < -0.3 is 9.46 Å². The monoisotopic (exact) mass is 275 g/mol. The second-order valence-electron chi connectivity index (χ2n) is 2.66. The topological polar surface area (TPSA) is 38.3 Å². The Labute approximate surface area is 96.5 Å². The van der Waals surface area contributed by atoms with Crippen molar-refractivity contribution in [2.24, 2.45) is 0 Å². The van der Waals surface area contributed by atoms with E-state index in [1.165, 1.54) is 7.11 Å². The van der Waals surface area contributed by atoms with Crippen LogP contribution in [0.25, 0.3) is 0 Å². The van der Waals surface area contributed by atoms with E-state index in [-0.39, 0.29) is 5.97 Å². The van der Waals surface area contributed by atoms with Crippen LogP contribution in [0.4, 0.5) is 5.69 Å². The predicted octanol–water partition coefficient (Wildman–Crippen LogP) is 2.62. The average molecular weight is 276 g/mol. The third kappa shape index (κ3) is 2.65. The van der Waals surface area contributed by atoms with Gasteiger partial charge in [-0.05, 0) is 23.8 Å². The molecule has 1 aromatic rings. The van der Waals surface area contributed by atoms with Gasteiger partial charge in [0, 0.05) is 11.0 Å². The fourth-order valence-corrected chi connectivity index (χ4v) is 1.52. The zero-order chi connectivity index (χ0) is 10.6. The smallest absolute Gasteiger partial charge is 0.337 e. The number of hydrogen-bond donors (Lipinski definition) is 2. The number of carbonyl (C=O) groups is 1. The van der Waals surface area contributed by atoms with Crippen molar-refractivity contribution in [1.29, 1.82) is 0 Å². The molecule has 0 saturated heterocycles. The summed E-state index contributed by atoms with van der Waals surface area (Å²) in [6.07, 6.45) is 0. The van der Waals surface area contributed by atoms with E-state index >= 15 is 0 Å². The van der Waals surface area contributed by atoms with Crippen LogP contribution < -0.4 is 4.72 Å². The van der Waals surface area contributed by atoms with Crippen molar-refractivity contribution in [2.75, 3.05) is 11.8 Å². The SMILES string of the molecule is COC(=O)c1cc(CBr)cc(NS)c1. The summed E-state index contributed by atoms with van der Waals surface area (Å²) in [7, 11) is 1.36. The average Bonchev–Trinajstić information content (AvgIpc) is 2.27. The molecule has 0 aliphatic heterocycles. The summed E-state index contributed by atoms with van der Waals surface area (Å²) in [5.41, 5.74) is 2.27. The summed E-state index contributed by atoms with van der Waals surface area (Å²) in [6.45, 7) is 0. The number of thiol groups is 1. The minimum Gasteiger partial charge on any atom is -0.465 e. The molecule has 1 rings (SSSR count). The van der Waals surface area contributed by atoms with E-state index < -0.39 is 0 Å². The van der Waals surface area contributed by atoms with Crippen LogP contribution in [0.1, 0.15) is 15.9 Å². The number of alkyl halides is 1. The Kier molecular flexibility index (Phi) is 4.28. The molecule has 0 aliphatic rings. The molecule has 0 amide bonds. The lowest BCUT2D eigenvalue weighted by Gasteiger charge is -2.05. The van der Waals surface area contributed by atoms with Gasteiger partial charge in [-0.25, -0.2) is 4.79 Å². The van der Waals surface area contributed by atoms with Gasteiger partial charge in [0.25, 0.3) is 0 Å². The Morgan fingerprint density at radius 3 is 2.79 bits per heavy atom. The minimum atomic E-state index is -0.349. The van der Waals surface area contributed by atoms with Gasteiger partial charge in [-0.1, -0.05) is 28.7 Å². The van der Waals surface area contributed by atoms with Crippen LogP contribution >= 0.6 is 28.7 Å². The van der Waals surface area contributed by atoms with Crippen molar-refractivity contribution in [3.8, 4) is 0 Å². The first-order valence-corrected chi connectivity index (χ1v) is 5.46. The Morgan fingerprint density at radius 2 is 2.29 bits per heavy atom. The zero-order valence-electron chi connectivity index (χ0n) is 7.58. The third-order valence-corrected chi connectivity index (χ3v) is 2.60. The highest BCUT2D eigenvalue weighted by atomic mass is 79.9. The predicted molar refractivity (Wildman–Crippen MR) is 63.0 cm³/mol. The summed E-state index contributed by atoms with van der Waals surface area (Å²) in [6, 6.07) is 5.36. The maximum Gasteiger partial charge on any atom is 0.337 e. The third-order valence-electron chi connectivity index (χ3n) is 1.70. The molecule has 5 heteroatoms. The summed E-state index contributed by atoms with van der Waals surface area (Å²) < 4.78 is 7.32. The van der Waals surface area contributed by atoms with Gasteiger partial charge in [-0.15, -0.1) is 0 Å². The molecule has 0 atom stereocenters. The highest BCUT2D eigenvalue weighted by molar-refractivity contribution is 9.08. The first-order valence-electron chi connectivity index (χ1n) is 3.89. The van der Waals surface area contributed by atoms with E-state index in [1.807, 2.05) is 6.07 Å². The molecular formula is C9H10BrNO2S. The van der Waals surface area contributed by atoms with Crippen LogP contribution in [0.5, 0.6) is 0 Å². The van der Waals surface area contributed by atoms with Crippen LogP contribution in [-0.2, 0) is 10.1 Å². The van der Waals surface area contributed by atoms with Crippen LogP contribution in [0, 0.1) is 0 Å². The Bertz CT molecular complexity index is 321. The van der Waals surface area contributed by atoms with Gasteiger partial charge in [0.05, 0.1) is 12.7 Å². The second kappa shape index (κ2) is 5.26. The van der Waals surface area contributed by atoms with E-state index in [4.69, 9.17) is 0 Å². The molecule has 0 saturated carbocycles. The number of ether oxygens (including phenoxy) is 1. The second-order valence-corrected chi connectivity index (χ2v) is 3.44. The molecule has 0 bridgehead atoms. The summed E-state index contributed by atoms with van der Waals surface area (Å²) >= 11 is 7.25. The molecule has 0 unspecified atom stereocenters. The van der Waals surface area contributed by atoms with Gasteiger partial charge in [0.15, 0.2) is 0 Å². The lowest BCUT2D eigenvalue weighted by atomic mass is 10.1. The Hall–Kier alpha value is -0.680. The molecule has 0 spiro atoms. The highest BCUT2D eigenvalue weighted by Crippen LogP contribution is 2.18. The first kappa shape index (κ1) is 11.4. The van der Waals surface area contributed by atoms with E-state index in [0.717, 1.165) is 11.3 Å². The maximum atomic E-state index is 11.3. The Balaban J connectivity index is 3.10. The molecular weight excluding hydrogens is 266 g/mol. The van der Waals surface area contributed by atoms with Gasteiger partial charge in [0.2, 0.25) is 0 Å². The number of carbonyl (C=O) groups excluding carboxylic acids is 1. The normalized spacial score (nSPS) is 9.64. The molecule has 0 heterocycles. The molecule has 0 radical (unpaired) electrons. The molecule has 1 aromatic carbocycles. The number of rotatable bonds is 3. The first-order chi connectivity index (χ1) is 6.71. The number of hydrogen-bond acceptors (Lipinski definition) is 4. The molecule has 0 aliphatic carbocycles. The van der Waals surface area contributed by atoms with Gasteiger partial charge in [-0.2, -0.15) is 0 Å². The quantitative estimate of drug-likeness (QED) is 0.506. The zero-order valence-corrected chi connectivity index (χ0v) is 10.1. The lowest BCUT2D eigenvalue weighted by Crippen LogP contribution is -2.02. The van der Waals surface area contributed by atoms with E-state index in [0.29, 0.717) is 10.9 Å². The molecule has 76 valence electrons. The Morgan fingerprint density at radius 1 is 1.57 bits per heavy atom. The molecule has 14 heavy (non-hydrogen) atoms. The van der Waals surface area contributed by atoms with Crippen molar-refractivity contribution >= 4 is 40.4 Å². The summed E-state index contributed by atoms with van der Waals surface area (Å²) in [5.74, 6) is -0.349. The molecule has 0 fully saturated rings. The van der Waals surface area contributed by atoms with Crippen molar-refractivity contribution in [3.05, 3.63) is 29.3 Å². The fraction of sp³-hybridized carbons (Fsp3) is 0.222. The number of benzene rings is 1. The molecule has 0 aromatic heterocycles. The number of halogens is 1. The van der Waals surface area contributed by atoms with Crippen molar-refractivity contribution in [2.45, 2.75) is 5.33 Å². The molecule has 1 N–H and O–H groups in total. The van der Waals surface area contributed by atoms with Crippen LogP contribution in [-0.4, -0.2) is 13.1 Å². The summed E-state index contributed by atoms with van der Waals surface area (Å²) in [5, 5.41) is 0.681. The molecule has 3 nitrogen and oxygen atoms in total. The van der Waals surface area contributed by atoms with Gasteiger partial charge in [0.1, 0.15) is 0 Å². The van der Waals surface area contributed by atoms with Gasteiger partial charge >= 0.3 is 5.97 Å². The van der Waals surface area contributed by atoms with Crippen molar-refractivity contribution in [1.82, 2.24) is 0 Å². The summed E-state index contributed by atoms with van der Waals surface area (Å²) in [4.78, 5) is 11.3. The van der Waals surface area contributed by atoms with Crippen LogP contribution in [0.2, 0.25) is 0 Å². The standard InChI is InChI=1S/C9H10BrNO2S/c1-13-9(12)7-2-6(5-10)3-8(4-7)11-14/h2-4,11,14H,5H2,1H3. The fourth-order valence-electron chi connectivity index (χ4n) is 1.07.